The van der Waals surface area contributed by atoms with E-state index in [-0.39, 0.29) is 11.9 Å². The molecule has 0 bridgehead atoms. The van der Waals surface area contributed by atoms with Crippen LogP contribution in [0.1, 0.15) is 52.0 Å². The van der Waals surface area contributed by atoms with Crippen molar-refractivity contribution in [2.45, 2.75) is 58.9 Å². The Morgan fingerprint density at radius 1 is 1.15 bits per heavy atom. The molecule has 0 saturated heterocycles. The Bertz CT molecular complexity index is 386. The smallest absolute Gasteiger partial charge is 0.239 e. The monoisotopic (exact) mass is 276 g/mol. The van der Waals surface area contributed by atoms with Crippen LogP contribution in [0.15, 0.2) is 24.3 Å². The van der Waals surface area contributed by atoms with E-state index in [1.165, 1.54) is 18.4 Å². The predicted molar refractivity (Wildman–Crippen MR) is 86.1 cm³/mol. The number of anilines is 1. The van der Waals surface area contributed by atoms with Gasteiger partial charge in [0.1, 0.15) is 0 Å². The van der Waals surface area contributed by atoms with E-state index in [1.807, 2.05) is 19.1 Å². The molecule has 0 aliphatic carbocycles. The second-order valence-corrected chi connectivity index (χ2v) is 5.41. The van der Waals surface area contributed by atoms with E-state index in [0.717, 1.165) is 24.9 Å². The molecule has 1 rings (SSSR count). The van der Waals surface area contributed by atoms with Gasteiger partial charge in [0.2, 0.25) is 5.91 Å². The molecule has 0 aromatic heterocycles. The Morgan fingerprint density at radius 2 is 1.85 bits per heavy atom. The zero-order chi connectivity index (χ0) is 14.8. The lowest BCUT2D eigenvalue weighted by Gasteiger charge is -2.13. The van der Waals surface area contributed by atoms with Crippen molar-refractivity contribution in [3.63, 3.8) is 0 Å². The van der Waals surface area contributed by atoms with Gasteiger partial charge in [-0.1, -0.05) is 38.8 Å². The lowest BCUT2D eigenvalue weighted by molar-refractivity contribution is -0.120. The summed E-state index contributed by atoms with van der Waals surface area (Å²) in [4.78, 5) is 11.7. The third-order valence-electron chi connectivity index (χ3n) is 3.36. The summed E-state index contributed by atoms with van der Waals surface area (Å²) in [5, 5.41) is 6.15. The molecule has 20 heavy (non-hydrogen) atoms. The Balaban J connectivity index is 2.32. The van der Waals surface area contributed by atoms with E-state index >= 15 is 0 Å². The molecule has 1 amide bonds. The number of carbonyl (C=O) groups excluding carboxylic acids is 1. The largest absolute Gasteiger partial charge is 0.376 e. The number of carbonyl (C=O) groups is 1. The molecular formula is C17H28N2O. The van der Waals surface area contributed by atoms with E-state index < -0.39 is 0 Å². The fourth-order valence-corrected chi connectivity index (χ4v) is 2.18. The first kappa shape index (κ1) is 16.5. The average molecular weight is 276 g/mol. The topological polar surface area (TPSA) is 41.1 Å². The highest BCUT2D eigenvalue weighted by Gasteiger charge is 2.05. The van der Waals surface area contributed by atoms with E-state index in [4.69, 9.17) is 0 Å². The Morgan fingerprint density at radius 3 is 2.45 bits per heavy atom. The van der Waals surface area contributed by atoms with Gasteiger partial charge in [-0.15, -0.1) is 0 Å². The van der Waals surface area contributed by atoms with Crippen molar-refractivity contribution in [1.29, 1.82) is 0 Å². The second-order valence-electron chi connectivity index (χ2n) is 5.41. The SMILES string of the molecule is CCCCc1ccc(NCC(=O)NC(C)CCC)cc1. The number of amides is 1. The van der Waals surface area contributed by atoms with Crippen molar-refractivity contribution in [3.8, 4) is 0 Å². The summed E-state index contributed by atoms with van der Waals surface area (Å²) < 4.78 is 0. The van der Waals surface area contributed by atoms with Crippen molar-refractivity contribution in [1.82, 2.24) is 5.32 Å². The van der Waals surface area contributed by atoms with Crippen LogP contribution in [0, 0.1) is 0 Å². The van der Waals surface area contributed by atoms with Crippen molar-refractivity contribution in [3.05, 3.63) is 29.8 Å². The van der Waals surface area contributed by atoms with Crippen LogP contribution in [0.2, 0.25) is 0 Å². The van der Waals surface area contributed by atoms with Gasteiger partial charge < -0.3 is 10.6 Å². The predicted octanol–water partition coefficient (Wildman–Crippen LogP) is 3.75. The summed E-state index contributed by atoms with van der Waals surface area (Å²) in [5.41, 5.74) is 2.36. The first-order valence-corrected chi connectivity index (χ1v) is 7.77. The molecule has 1 aromatic carbocycles. The normalized spacial score (nSPS) is 11.9. The Labute approximate surface area is 123 Å². The van der Waals surface area contributed by atoms with E-state index in [2.05, 4.69) is 36.6 Å². The Kier molecular flexibility index (Phi) is 7.78. The van der Waals surface area contributed by atoms with Crippen LogP contribution in [0.5, 0.6) is 0 Å². The zero-order valence-corrected chi connectivity index (χ0v) is 13.0. The molecule has 0 spiro atoms. The summed E-state index contributed by atoms with van der Waals surface area (Å²) in [5.74, 6) is 0.0565. The fraction of sp³-hybridized carbons (Fsp3) is 0.588. The van der Waals surface area contributed by atoms with E-state index in [9.17, 15) is 4.79 Å². The van der Waals surface area contributed by atoms with Gasteiger partial charge in [0.25, 0.3) is 0 Å². The number of hydrogen-bond donors (Lipinski definition) is 2. The minimum atomic E-state index is 0.0565. The highest BCUT2D eigenvalue weighted by atomic mass is 16.1. The molecule has 1 aromatic rings. The maximum absolute atomic E-state index is 11.7. The molecule has 0 heterocycles. The fourth-order valence-electron chi connectivity index (χ4n) is 2.18. The highest BCUT2D eigenvalue weighted by molar-refractivity contribution is 5.80. The second kappa shape index (κ2) is 9.40. The molecule has 3 nitrogen and oxygen atoms in total. The number of benzene rings is 1. The molecule has 1 unspecified atom stereocenters. The van der Waals surface area contributed by atoms with Gasteiger partial charge in [0.15, 0.2) is 0 Å². The summed E-state index contributed by atoms with van der Waals surface area (Å²) in [6.07, 6.45) is 5.69. The van der Waals surface area contributed by atoms with Crippen LogP contribution >= 0.6 is 0 Å². The molecular weight excluding hydrogens is 248 g/mol. The third-order valence-corrected chi connectivity index (χ3v) is 3.36. The number of nitrogens with one attached hydrogen (secondary N) is 2. The number of hydrogen-bond acceptors (Lipinski definition) is 2. The molecule has 0 aliphatic heterocycles. The molecule has 2 N–H and O–H groups in total. The summed E-state index contributed by atoms with van der Waals surface area (Å²) in [7, 11) is 0. The molecule has 0 saturated carbocycles. The van der Waals surface area contributed by atoms with Crippen molar-refractivity contribution in [2.75, 3.05) is 11.9 Å². The van der Waals surface area contributed by atoms with Crippen molar-refractivity contribution < 1.29 is 4.79 Å². The summed E-state index contributed by atoms with van der Waals surface area (Å²) in [6, 6.07) is 8.62. The van der Waals surface area contributed by atoms with Crippen LogP contribution in [-0.4, -0.2) is 18.5 Å². The van der Waals surface area contributed by atoms with Crippen LogP contribution < -0.4 is 10.6 Å². The standard InChI is InChI=1S/C17H28N2O/c1-4-6-8-15-9-11-16(12-10-15)18-13-17(20)19-14(3)7-5-2/h9-12,14,18H,4-8,13H2,1-3H3,(H,19,20). The van der Waals surface area contributed by atoms with Gasteiger partial charge in [0, 0.05) is 11.7 Å². The first-order chi connectivity index (χ1) is 9.65. The molecule has 1 atom stereocenters. The van der Waals surface area contributed by atoms with Crippen LogP contribution in [0.4, 0.5) is 5.69 Å². The molecule has 0 radical (unpaired) electrons. The highest BCUT2D eigenvalue weighted by Crippen LogP contribution is 2.11. The third kappa shape index (κ3) is 6.60. The van der Waals surface area contributed by atoms with Gasteiger partial charge in [-0.3, -0.25) is 4.79 Å². The van der Waals surface area contributed by atoms with Gasteiger partial charge in [-0.05, 0) is 43.9 Å². The number of aryl methyl sites for hydroxylation is 1. The van der Waals surface area contributed by atoms with Crippen molar-refractivity contribution >= 4 is 11.6 Å². The lowest BCUT2D eigenvalue weighted by Crippen LogP contribution is -2.36. The van der Waals surface area contributed by atoms with Crippen LogP contribution in [-0.2, 0) is 11.2 Å². The Hall–Kier alpha value is -1.51. The zero-order valence-electron chi connectivity index (χ0n) is 13.0. The summed E-state index contributed by atoms with van der Waals surface area (Å²) >= 11 is 0. The van der Waals surface area contributed by atoms with Crippen molar-refractivity contribution in [2.24, 2.45) is 0 Å². The minimum absolute atomic E-state index is 0.0565. The van der Waals surface area contributed by atoms with Gasteiger partial charge in [-0.25, -0.2) is 0 Å². The molecule has 3 heteroatoms. The summed E-state index contributed by atoms with van der Waals surface area (Å²) in [6.45, 7) is 6.71. The van der Waals surface area contributed by atoms with Gasteiger partial charge in [-0.2, -0.15) is 0 Å². The maximum Gasteiger partial charge on any atom is 0.239 e. The van der Waals surface area contributed by atoms with Crippen LogP contribution in [0.3, 0.4) is 0 Å². The molecule has 112 valence electrons. The first-order valence-electron chi connectivity index (χ1n) is 7.77. The van der Waals surface area contributed by atoms with Gasteiger partial charge >= 0.3 is 0 Å². The number of rotatable bonds is 9. The quantitative estimate of drug-likeness (QED) is 0.721. The average Bonchev–Trinajstić information content (AvgIpc) is 2.44. The molecule has 0 aliphatic rings. The van der Waals surface area contributed by atoms with E-state index in [1.54, 1.807) is 0 Å². The molecule has 0 fully saturated rings. The minimum Gasteiger partial charge on any atom is -0.376 e. The lowest BCUT2D eigenvalue weighted by atomic mass is 10.1. The van der Waals surface area contributed by atoms with E-state index in [0.29, 0.717) is 6.54 Å². The van der Waals surface area contributed by atoms with Gasteiger partial charge in [0.05, 0.1) is 6.54 Å². The maximum atomic E-state index is 11.7. The number of unbranched alkanes of at least 4 members (excludes halogenated alkanes) is 1. The van der Waals surface area contributed by atoms with Crippen LogP contribution in [0.25, 0.3) is 0 Å².